The van der Waals surface area contributed by atoms with Gasteiger partial charge in [-0.15, -0.1) is 0 Å². The summed E-state index contributed by atoms with van der Waals surface area (Å²) in [5, 5.41) is 3.25. The van der Waals surface area contributed by atoms with Gasteiger partial charge in [0, 0.05) is 35.2 Å². The number of halogens is 1. The predicted octanol–water partition coefficient (Wildman–Crippen LogP) is 1.96. The number of ketones is 1. The standard InChI is InChI=1S/C12H15BrN2O/c1-12(2-3-14-8-12)11(16)5-9-4-10(13)7-15-6-9/h4,6-7,14H,2-3,5,8H2,1H3. The van der Waals surface area contributed by atoms with Gasteiger partial charge in [0.05, 0.1) is 0 Å². The second kappa shape index (κ2) is 4.63. The summed E-state index contributed by atoms with van der Waals surface area (Å²) in [5.74, 6) is 0.303. The Labute approximate surface area is 104 Å². The Bertz CT molecular complexity index is 400. The number of hydrogen-bond acceptors (Lipinski definition) is 3. The van der Waals surface area contributed by atoms with Crippen LogP contribution in [0, 0.1) is 5.41 Å². The van der Waals surface area contributed by atoms with Crippen LogP contribution in [-0.2, 0) is 11.2 Å². The minimum atomic E-state index is -0.192. The van der Waals surface area contributed by atoms with E-state index in [1.54, 1.807) is 12.4 Å². The van der Waals surface area contributed by atoms with Crippen molar-refractivity contribution >= 4 is 21.7 Å². The fourth-order valence-corrected chi connectivity index (χ4v) is 2.42. The van der Waals surface area contributed by atoms with Crippen molar-refractivity contribution in [3.05, 3.63) is 28.5 Å². The average molecular weight is 283 g/mol. The lowest BCUT2D eigenvalue weighted by atomic mass is 9.82. The van der Waals surface area contributed by atoms with Crippen molar-refractivity contribution in [2.75, 3.05) is 13.1 Å². The normalized spacial score (nSPS) is 24.6. The fraction of sp³-hybridized carbons (Fsp3) is 0.500. The van der Waals surface area contributed by atoms with Crippen LogP contribution in [0.25, 0.3) is 0 Å². The first-order chi connectivity index (χ1) is 7.60. The molecule has 0 spiro atoms. The Morgan fingerprint density at radius 2 is 2.44 bits per heavy atom. The van der Waals surface area contributed by atoms with Gasteiger partial charge in [-0.2, -0.15) is 0 Å². The molecule has 1 unspecified atom stereocenters. The van der Waals surface area contributed by atoms with E-state index in [2.05, 4.69) is 26.2 Å². The first kappa shape index (κ1) is 11.7. The molecule has 1 aromatic heterocycles. The monoisotopic (exact) mass is 282 g/mol. The zero-order valence-corrected chi connectivity index (χ0v) is 10.9. The van der Waals surface area contributed by atoms with E-state index < -0.39 is 0 Å². The van der Waals surface area contributed by atoms with Gasteiger partial charge in [0.15, 0.2) is 0 Å². The van der Waals surface area contributed by atoms with Crippen molar-refractivity contribution in [1.29, 1.82) is 0 Å². The van der Waals surface area contributed by atoms with E-state index in [9.17, 15) is 4.79 Å². The van der Waals surface area contributed by atoms with Gasteiger partial charge in [0.2, 0.25) is 0 Å². The van der Waals surface area contributed by atoms with Crippen LogP contribution in [0.3, 0.4) is 0 Å². The highest BCUT2D eigenvalue weighted by Gasteiger charge is 2.35. The zero-order chi connectivity index (χ0) is 11.6. The van der Waals surface area contributed by atoms with Crippen molar-refractivity contribution in [2.45, 2.75) is 19.8 Å². The molecule has 4 heteroatoms. The third-order valence-electron chi connectivity index (χ3n) is 3.17. The minimum Gasteiger partial charge on any atom is -0.316 e. The number of carbonyl (C=O) groups is 1. The van der Waals surface area contributed by atoms with Gasteiger partial charge in [-0.3, -0.25) is 9.78 Å². The van der Waals surface area contributed by atoms with Crippen molar-refractivity contribution in [3.8, 4) is 0 Å². The molecule has 3 nitrogen and oxygen atoms in total. The fourth-order valence-electron chi connectivity index (χ4n) is 2.01. The molecule has 1 saturated heterocycles. The molecule has 86 valence electrons. The largest absolute Gasteiger partial charge is 0.316 e. The number of nitrogens with one attached hydrogen (secondary N) is 1. The summed E-state index contributed by atoms with van der Waals surface area (Å²) in [6.07, 6.45) is 4.90. The summed E-state index contributed by atoms with van der Waals surface area (Å²) in [5.41, 5.74) is 0.787. The SMILES string of the molecule is CC1(C(=O)Cc2cncc(Br)c2)CCNC1. The van der Waals surface area contributed by atoms with Crippen LogP contribution < -0.4 is 5.32 Å². The van der Waals surface area contributed by atoms with E-state index in [1.807, 2.05) is 13.0 Å². The maximum atomic E-state index is 12.2. The Morgan fingerprint density at radius 1 is 1.62 bits per heavy atom. The quantitative estimate of drug-likeness (QED) is 0.922. The predicted molar refractivity (Wildman–Crippen MR) is 66.2 cm³/mol. The van der Waals surface area contributed by atoms with Gasteiger partial charge in [-0.1, -0.05) is 6.92 Å². The number of hydrogen-bond donors (Lipinski definition) is 1. The van der Waals surface area contributed by atoms with Gasteiger partial charge in [-0.05, 0) is 40.5 Å². The van der Waals surface area contributed by atoms with E-state index in [0.29, 0.717) is 12.2 Å². The number of aromatic nitrogens is 1. The molecule has 2 rings (SSSR count). The topological polar surface area (TPSA) is 42.0 Å². The van der Waals surface area contributed by atoms with E-state index in [4.69, 9.17) is 0 Å². The third-order valence-corrected chi connectivity index (χ3v) is 3.60. The van der Waals surface area contributed by atoms with Crippen molar-refractivity contribution in [2.24, 2.45) is 5.41 Å². The van der Waals surface area contributed by atoms with Crippen LogP contribution >= 0.6 is 15.9 Å². The Kier molecular flexibility index (Phi) is 3.40. The molecule has 2 heterocycles. The molecule has 0 aromatic carbocycles. The van der Waals surface area contributed by atoms with E-state index in [-0.39, 0.29) is 5.41 Å². The summed E-state index contributed by atoms with van der Waals surface area (Å²) in [4.78, 5) is 16.2. The zero-order valence-electron chi connectivity index (χ0n) is 9.29. The van der Waals surface area contributed by atoms with Gasteiger partial charge in [0.25, 0.3) is 0 Å². The molecular formula is C12H15BrN2O. The first-order valence-corrected chi connectivity index (χ1v) is 6.23. The maximum absolute atomic E-state index is 12.2. The second-order valence-electron chi connectivity index (χ2n) is 4.60. The van der Waals surface area contributed by atoms with Gasteiger partial charge < -0.3 is 5.32 Å². The van der Waals surface area contributed by atoms with Gasteiger partial charge in [0.1, 0.15) is 5.78 Å². The molecule has 0 saturated carbocycles. The van der Waals surface area contributed by atoms with E-state index in [1.165, 1.54) is 0 Å². The summed E-state index contributed by atoms with van der Waals surface area (Å²) in [7, 11) is 0. The van der Waals surface area contributed by atoms with Crippen LogP contribution in [0.2, 0.25) is 0 Å². The molecule has 0 aliphatic carbocycles. The van der Waals surface area contributed by atoms with Crippen molar-refractivity contribution in [1.82, 2.24) is 10.3 Å². The molecule has 1 aliphatic rings. The average Bonchev–Trinajstić information content (AvgIpc) is 2.66. The molecule has 1 aromatic rings. The van der Waals surface area contributed by atoms with Gasteiger partial charge in [-0.25, -0.2) is 0 Å². The molecule has 16 heavy (non-hydrogen) atoms. The van der Waals surface area contributed by atoms with Gasteiger partial charge >= 0.3 is 0 Å². The molecule has 1 aliphatic heterocycles. The number of Topliss-reactive ketones (excluding diaryl/α,β-unsaturated/α-hetero) is 1. The molecule has 1 atom stereocenters. The Hall–Kier alpha value is -0.740. The lowest BCUT2D eigenvalue weighted by Crippen LogP contribution is -2.31. The molecular weight excluding hydrogens is 268 g/mol. The summed E-state index contributed by atoms with van der Waals surface area (Å²) in [6.45, 7) is 3.78. The van der Waals surface area contributed by atoms with Crippen molar-refractivity contribution in [3.63, 3.8) is 0 Å². The number of pyridine rings is 1. The summed E-state index contributed by atoms with van der Waals surface area (Å²) < 4.78 is 0.924. The summed E-state index contributed by atoms with van der Waals surface area (Å²) >= 11 is 3.36. The number of carbonyl (C=O) groups excluding carboxylic acids is 1. The molecule has 0 radical (unpaired) electrons. The van der Waals surface area contributed by atoms with Crippen LogP contribution in [0.4, 0.5) is 0 Å². The number of nitrogens with zero attached hydrogens (tertiary/aromatic N) is 1. The first-order valence-electron chi connectivity index (χ1n) is 5.44. The lowest BCUT2D eigenvalue weighted by molar-refractivity contribution is -0.126. The Morgan fingerprint density at radius 3 is 3.06 bits per heavy atom. The molecule has 0 bridgehead atoms. The third kappa shape index (κ3) is 2.50. The van der Waals surface area contributed by atoms with Crippen LogP contribution in [0.15, 0.2) is 22.9 Å². The second-order valence-corrected chi connectivity index (χ2v) is 5.51. The smallest absolute Gasteiger partial charge is 0.144 e. The van der Waals surface area contributed by atoms with E-state index >= 15 is 0 Å². The molecule has 0 amide bonds. The van der Waals surface area contributed by atoms with Crippen LogP contribution in [-0.4, -0.2) is 23.9 Å². The minimum absolute atomic E-state index is 0.192. The lowest BCUT2D eigenvalue weighted by Gasteiger charge is -2.20. The molecule has 1 N–H and O–H groups in total. The summed E-state index contributed by atoms with van der Waals surface area (Å²) in [6, 6.07) is 1.96. The van der Waals surface area contributed by atoms with Crippen molar-refractivity contribution < 1.29 is 4.79 Å². The highest BCUT2D eigenvalue weighted by atomic mass is 79.9. The van der Waals surface area contributed by atoms with Crippen LogP contribution in [0.1, 0.15) is 18.9 Å². The highest BCUT2D eigenvalue weighted by molar-refractivity contribution is 9.10. The van der Waals surface area contributed by atoms with Crippen LogP contribution in [0.5, 0.6) is 0 Å². The maximum Gasteiger partial charge on any atom is 0.144 e. The highest BCUT2D eigenvalue weighted by Crippen LogP contribution is 2.27. The number of rotatable bonds is 3. The molecule has 1 fully saturated rings. The Balaban J connectivity index is 2.07. The van der Waals surface area contributed by atoms with E-state index in [0.717, 1.165) is 29.5 Å².